The zero-order chi connectivity index (χ0) is 14.1. The van der Waals surface area contributed by atoms with Gasteiger partial charge in [0.2, 0.25) is 0 Å². The molecule has 4 heteroatoms. The van der Waals surface area contributed by atoms with E-state index in [0.717, 1.165) is 22.5 Å². The second-order valence-electron chi connectivity index (χ2n) is 4.73. The Labute approximate surface area is 121 Å². The molecule has 0 N–H and O–H groups in total. The van der Waals surface area contributed by atoms with Gasteiger partial charge in [0.05, 0.1) is 18.1 Å². The van der Waals surface area contributed by atoms with Crippen LogP contribution in [0.15, 0.2) is 73.3 Å². The summed E-state index contributed by atoms with van der Waals surface area (Å²) in [5.41, 5.74) is 5.10. The second kappa shape index (κ2) is 4.83. The van der Waals surface area contributed by atoms with E-state index < -0.39 is 0 Å². The fraction of sp³-hybridized carbons (Fsp3) is 0. The highest BCUT2D eigenvalue weighted by Crippen LogP contribution is 2.31. The van der Waals surface area contributed by atoms with Gasteiger partial charge in [-0.25, -0.2) is 9.50 Å². The number of hydrogen-bond donors (Lipinski definition) is 0. The molecule has 0 aliphatic heterocycles. The Morgan fingerprint density at radius 1 is 0.762 bits per heavy atom. The highest BCUT2D eigenvalue weighted by molar-refractivity contribution is 5.82. The highest BCUT2D eigenvalue weighted by Gasteiger charge is 2.11. The topological polar surface area (TPSA) is 43.1 Å². The molecule has 4 nitrogen and oxygen atoms in total. The first-order valence-electron chi connectivity index (χ1n) is 6.72. The number of aromatic nitrogens is 4. The van der Waals surface area contributed by atoms with Gasteiger partial charge in [-0.3, -0.25) is 4.98 Å². The quantitative estimate of drug-likeness (QED) is 0.561. The van der Waals surface area contributed by atoms with Gasteiger partial charge in [-0.1, -0.05) is 54.6 Å². The Morgan fingerprint density at radius 3 is 2.38 bits per heavy atom. The van der Waals surface area contributed by atoms with Crippen LogP contribution >= 0.6 is 0 Å². The normalized spacial score (nSPS) is 10.9. The third-order valence-corrected chi connectivity index (χ3v) is 3.48. The standard InChI is InChI=1S/C17H12N4/c1-2-6-13(7-3-1)14-8-4-5-9-15(14)16-10-18-11-17-19-12-20-21(16)17/h1-12H. The van der Waals surface area contributed by atoms with Crippen molar-refractivity contribution in [3.05, 3.63) is 73.3 Å². The third kappa shape index (κ3) is 1.97. The molecule has 0 radical (unpaired) electrons. The third-order valence-electron chi connectivity index (χ3n) is 3.48. The van der Waals surface area contributed by atoms with Gasteiger partial charge in [-0.2, -0.15) is 5.10 Å². The SMILES string of the molecule is c1ccc(-c2ccccc2-c2cncc3ncnn23)cc1. The van der Waals surface area contributed by atoms with Gasteiger partial charge in [0.15, 0.2) is 5.65 Å². The van der Waals surface area contributed by atoms with Crippen molar-refractivity contribution >= 4 is 5.65 Å². The molecule has 0 aliphatic rings. The van der Waals surface area contributed by atoms with Gasteiger partial charge >= 0.3 is 0 Å². The largest absolute Gasteiger partial charge is 0.259 e. The molecular formula is C17H12N4. The number of nitrogens with zero attached hydrogens (tertiary/aromatic N) is 4. The summed E-state index contributed by atoms with van der Waals surface area (Å²) < 4.78 is 1.81. The van der Waals surface area contributed by atoms with Gasteiger partial charge < -0.3 is 0 Å². The predicted molar refractivity (Wildman–Crippen MR) is 81.7 cm³/mol. The highest BCUT2D eigenvalue weighted by atomic mass is 15.3. The van der Waals surface area contributed by atoms with Crippen LogP contribution in [0.1, 0.15) is 0 Å². The summed E-state index contributed by atoms with van der Waals surface area (Å²) in [6, 6.07) is 18.6. The lowest BCUT2D eigenvalue weighted by Crippen LogP contribution is -1.96. The van der Waals surface area contributed by atoms with E-state index in [1.54, 1.807) is 12.5 Å². The van der Waals surface area contributed by atoms with E-state index in [1.807, 2.05) is 41.0 Å². The summed E-state index contributed by atoms with van der Waals surface area (Å²) in [5.74, 6) is 0. The van der Waals surface area contributed by atoms with E-state index >= 15 is 0 Å². The first-order chi connectivity index (χ1) is 10.4. The van der Waals surface area contributed by atoms with E-state index in [-0.39, 0.29) is 0 Å². The summed E-state index contributed by atoms with van der Waals surface area (Å²) in [4.78, 5) is 8.47. The number of fused-ring (bicyclic) bond motifs is 1. The maximum atomic E-state index is 4.30. The van der Waals surface area contributed by atoms with Crippen LogP contribution in [0.25, 0.3) is 28.0 Å². The molecule has 2 aromatic heterocycles. The molecule has 0 fully saturated rings. The van der Waals surface area contributed by atoms with Crippen LogP contribution < -0.4 is 0 Å². The van der Waals surface area contributed by atoms with Crippen molar-refractivity contribution in [2.45, 2.75) is 0 Å². The van der Waals surface area contributed by atoms with Crippen molar-refractivity contribution in [1.82, 2.24) is 19.6 Å². The molecule has 100 valence electrons. The molecule has 2 aromatic carbocycles. The Balaban J connectivity index is 2.00. The van der Waals surface area contributed by atoms with Crippen molar-refractivity contribution in [1.29, 1.82) is 0 Å². The summed E-state index contributed by atoms with van der Waals surface area (Å²) in [7, 11) is 0. The molecule has 0 saturated heterocycles. The van der Waals surface area contributed by atoms with Crippen LogP contribution in [0.2, 0.25) is 0 Å². The zero-order valence-corrected chi connectivity index (χ0v) is 11.2. The monoisotopic (exact) mass is 272 g/mol. The van der Waals surface area contributed by atoms with Gasteiger partial charge in [0, 0.05) is 5.56 Å². The van der Waals surface area contributed by atoms with Crippen LogP contribution in [-0.4, -0.2) is 19.6 Å². The Morgan fingerprint density at radius 2 is 1.52 bits per heavy atom. The molecule has 0 bridgehead atoms. The van der Waals surface area contributed by atoms with Crippen molar-refractivity contribution in [3.63, 3.8) is 0 Å². The van der Waals surface area contributed by atoms with Gasteiger partial charge in [0.25, 0.3) is 0 Å². The van der Waals surface area contributed by atoms with Crippen molar-refractivity contribution < 1.29 is 0 Å². The molecule has 0 amide bonds. The molecule has 21 heavy (non-hydrogen) atoms. The van der Waals surface area contributed by atoms with E-state index in [9.17, 15) is 0 Å². The minimum absolute atomic E-state index is 0.746. The van der Waals surface area contributed by atoms with E-state index in [4.69, 9.17) is 0 Å². The predicted octanol–water partition coefficient (Wildman–Crippen LogP) is 3.46. The van der Waals surface area contributed by atoms with Crippen LogP contribution in [0, 0.1) is 0 Å². The van der Waals surface area contributed by atoms with Crippen LogP contribution in [0.3, 0.4) is 0 Å². The number of hydrogen-bond acceptors (Lipinski definition) is 3. The minimum atomic E-state index is 0.746. The van der Waals surface area contributed by atoms with Crippen LogP contribution in [0.4, 0.5) is 0 Å². The average molecular weight is 272 g/mol. The number of benzene rings is 2. The van der Waals surface area contributed by atoms with Gasteiger partial charge in [-0.15, -0.1) is 0 Å². The fourth-order valence-electron chi connectivity index (χ4n) is 2.51. The Hall–Kier alpha value is -3.01. The Kier molecular flexibility index (Phi) is 2.71. The molecular weight excluding hydrogens is 260 g/mol. The van der Waals surface area contributed by atoms with Crippen molar-refractivity contribution in [2.24, 2.45) is 0 Å². The molecule has 0 atom stereocenters. The minimum Gasteiger partial charge on any atom is -0.259 e. The van der Waals surface area contributed by atoms with Gasteiger partial charge in [0.1, 0.15) is 6.33 Å². The zero-order valence-electron chi connectivity index (χ0n) is 11.2. The fourth-order valence-corrected chi connectivity index (χ4v) is 2.51. The van der Waals surface area contributed by atoms with E-state index in [1.165, 1.54) is 5.56 Å². The summed E-state index contributed by atoms with van der Waals surface area (Å²) in [6.45, 7) is 0. The van der Waals surface area contributed by atoms with Crippen molar-refractivity contribution in [3.8, 4) is 22.4 Å². The second-order valence-corrected chi connectivity index (χ2v) is 4.73. The molecule has 2 heterocycles. The Bertz CT molecular complexity index is 897. The lowest BCUT2D eigenvalue weighted by Gasteiger charge is -2.10. The van der Waals surface area contributed by atoms with Gasteiger partial charge in [-0.05, 0) is 11.1 Å². The molecule has 0 aliphatic carbocycles. The number of rotatable bonds is 2. The lowest BCUT2D eigenvalue weighted by atomic mass is 9.98. The first-order valence-corrected chi connectivity index (χ1v) is 6.72. The van der Waals surface area contributed by atoms with E-state index in [0.29, 0.717) is 0 Å². The maximum Gasteiger partial charge on any atom is 0.174 e. The first kappa shape index (κ1) is 11.8. The van der Waals surface area contributed by atoms with Crippen LogP contribution in [0.5, 0.6) is 0 Å². The average Bonchev–Trinajstić information content (AvgIpc) is 3.04. The summed E-state index contributed by atoms with van der Waals surface area (Å²) in [6.07, 6.45) is 5.08. The molecule has 0 unspecified atom stereocenters. The molecule has 4 rings (SSSR count). The summed E-state index contributed by atoms with van der Waals surface area (Å²) >= 11 is 0. The maximum absolute atomic E-state index is 4.30. The lowest BCUT2D eigenvalue weighted by molar-refractivity contribution is 0.955. The van der Waals surface area contributed by atoms with Crippen LogP contribution in [-0.2, 0) is 0 Å². The smallest absolute Gasteiger partial charge is 0.174 e. The van der Waals surface area contributed by atoms with Crippen molar-refractivity contribution in [2.75, 3.05) is 0 Å². The van der Waals surface area contributed by atoms with E-state index in [2.05, 4.69) is 39.3 Å². The molecule has 0 saturated carbocycles. The molecule has 4 aromatic rings. The molecule has 0 spiro atoms. The summed E-state index contributed by atoms with van der Waals surface area (Å²) in [5, 5.41) is 4.30.